The maximum absolute atomic E-state index is 11.3. The Morgan fingerprint density at radius 1 is 1.63 bits per heavy atom. The lowest BCUT2D eigenvalue weighted by molar-refractivity contribution is 0.1000. The Bertz CT molecular complexity index is 648. The molecule has 4 N–H and O–H groups in total. The number of allylic oxidation sites excluding steroid dienone is 1. The number of terminal acetylenes is 1. The maximum Gasteiger partial charge on any atom is 0.250 e. The SMILES string of the molecule is C#Cc1c(C(N)=O)ccnc1C(=CN)C1CC1C#N. The molecule has 5 nitrogen and oxygen atoms in total. The largest absolute Gasteiger partial charge is 0.404 e. The number of aromatic nitrogens is 1. The van der Waals surface area contributed by atoms with Gasteiger partial charge >= 0.3 is 0 Å². The van der Waals surface area contributed by atoms with Gasteiger partial charge in [0.1, 0.15) is 0 Å². The number of carbonyl (C=O) groups excluding carboxylic acids is 1. The van der Waals surface area contributed by atoms with Crippen LogP contribution in [0.4, 0.5) is 0 Å². The van der Waals surface area contributed by atoms with Crippen LogP contribution in [-0.2, 0) is 0 Å². The fourth-order valence-electron chi connectivity index (χ4n) is 2.09. The number of hydrogen-bond acceptors (Lipinski definition) is 4. The van der Waals surface area contributed by atoms with Gasteiger partial charge in [0.05, 0.1) is 28.8 Å². The number of nitrogens with two attached hydrogens (primary N) is 2. The van der Waals surface area contributed by atoms with E-state index in [1.807, 2.05) is 0 Å². The molecule has 1 heterocycles. The molecule has 0 radical (unpaired) electrons. The average molecular weight is 252 g/mol. The molecule has 0 aliphatic heterocycles. The number of primary amides is 1. The van der Waals surface area contributed by atoms with E-state index in [9.17, 15) is 4.79 Å². The molecule has 1 saturated carbocycles. The highest BCUT2D eigenvalue weighted by Crippen LogP contribution is 2.47. The number of nitrogens with zero attached hydrogens (tertiary/aromatic N) is 2. The summed E-state index contributed by atoms with van der Waals surface area (Å²) in [7, 11) is 0. The van der Waals surface area contributed by atoms with Gasteiger partial charge in [-0.25, -0.2) is 0 Å². The minimum atomic E-state index is -0.611. The van der Waals surface area contributed by atoms with E-state index < -0.39 is 5.91 Å². The molecule has 1 aromatic rings. The van der Waals surface area contributed by atoms with Crippen LogP contribution in [0.3, 0.4) is 0 Å². The van der Waals surface area contributed by atoms with Gasteiger partial charge in [-0.1, -0.05) is 5.92 Å². The molecule has 1 aliphatic carbocycles. The van der Waals surface area contributed by atoms with E-state index in [2.05, 4.69) is 17.0 Å². The number of amides is 1. The van der Waals surface area contributed by atoms with Crippen molar-refractivity contribution < 1.29 is 4.79 Å². The molecule has 5 heteroatoms. The molecular weight excluding hydrogens is 240 g/mol. The molecule has 1 amide bonds. The van der Waals surface area contributed by atoms with Gasteiger partial charge in [-0.15, -0.1) is 6.42 Å². The molecule has 0 saturated heterocycles. The van der Waals surface area contributed by atoms with Gasteiger partial charge in [0.25, 0.3) is 0 Å². The zero-order chi connectivity index (χ0) is 14.0. The smallest absolute Gasteiger partial charge is 0.250 e. The molecule has 2 unspecified atom stereocenters. The highest BCUT2D eigenvalue weighted by Gasteiger charge is 2.41. The van der Waals surface area contributed by atoms with Gasteiger partial charge in [-0.05, 0) is 24.3 Å². The van der Waals surface area contributed by atoms with E-state index in [1.165, 1.54) is 18.5 Å². The summed E-state index contributed by atoms with van der Waals surface area (Å²) in [5.41, 5.74) is 12.6. The van der Waals surface area contributed by atoms with Crippen molar-refractivity contribution in [2.75, 3.05) is 0 Å². The average Bonchev–Trinajstić information content (AvgIpc) is 3.18. The lowest BCUT2D eigenvalue weighted by Gasteiger charge is -2.09. The monoisotopic (exact) mass is 252 g/mol. The minimum Gasteiger partial charge on any atom is -0.404 e. The molecule has 2 atom stereocenters. The second kappa shape index (κ2) is 4.83. The van der Waals surface area contributed by atoms with E-state index in [0.29, 0.717) is 16.8 Å². The highest BCUT2D eigenvalue weighted by atomic mass is 16.1. The summed E-state index contributed by atoms with van der Waals surface area (Å²) in [5, 5.41) is 8.88. The first kappa shape index (κ1) is 12.7. The topological polar surface area (TPSA) is 106 Å². The van der Waals surface area contributed by atoms with Gasteiger partial charge in [-0.3, -0.25) is 9.78 Å². The number of carbonyl (C=O) groups is 1. The van der Waals surface area contributed by atoms with Gasteiger partial charge in [0, 0.05) is 12.1 Å². The quantitative estimate of drug-likeness (QED) is 0.769. The Balaban J connectivity index is 2.52. The molecule has 1 fully saturated rings. The van der Waals surface area contributed by atoms with Crippen molar-refractivity contribution >= 4 is 11.5 Å². The summed E-state index contributed by atoms with van der Waals surface area (Å²) < 4.78 is 0. The van der Waals surface area contributed by atoms with E-state index >= 15 is 0 Å². The van der Waals surface area contributed by atoms with Crippen LogP contribution in [0.2, 0.25) is 0 Å². The standard InChI is InChI=1S/C14H12N4O/c1-2-9-10(14(17)19)3-4-18-13(9)12(7-16)11-5-8(11)6-15/h1,3-4,7-8,11H,5,16H2,(H2,17,19). The fourth-order valence-corrected chi connectivity index (χ4v) is 2.09. The molecule has 1 aromatic heterocycles. The van der Waals surface area contributed by atoms with E-state index in [4.69, 9.17) is 23.2 Å². The second-order valence-corrected chi connectivity index (χ2v) is 4.29. The Labute approximate surface area is 110 Å². The van der Waals surface area contributed by atoms with Crippen LogP contribution in [0, 0.1) is 35.5 Å². The summed E-state index contributed by atoms with van der Waals surface area (Å²) in [6.45, 7) is 0. The molecule has 19 heavy (non-hydrogen) atoms. The number of hydrogen-bond donors (Lipinski definition) is 2. The van der Waals surface area contributed by atoms with Crippen LogP contribution in [0.15, 0.2) is 18.5 Å². The van der Waals surface area contributed by atoms with Gasteiger partial charge < -0.3 is 11.5 Å². The third-order valence-corrected chi connectivity index (χ3v) is 3.17. The second-order valence-electron chi connectivity index (χ2n) is 4.29. The predicted octanol–water partition coefficient (Wildman–Crippen LogP) is 0.621. The summed E-state index contributed by atoms with van der Waals surface area (Å²) in [5.74, 6) is 1.78. The van der Waals surface area contributed by atoms with Crippen LogP contribution < -0.4 is 11.5 Å². The van der Waals surface area contributed by atoms with Crippen molar-refractivity contribution in [3.05, 3.63) is 35.3 Å². The Morgan fingerprint density at radius 2 is 2.37 bits per heavy atom. The maximum atomic E-state index is 11.3. The van der Waals surface area contributed by atoms with Crippen molar-refractivity contribution in [1.82, 2.24) is 4.98 Å². The van der Waals surface area contributed by atoms with Crippen LogP contribution in [0.25, 0.3) is 5.57 Å². The third kappa shape index (κ3) is 2.14. The first-order valence-corrected chi connectivity index (χ1v) is 5.71. The van der Waals surface area contributed by atoms with Crippen LogP contribution in [0.1, 0.15) is 28.0 Å². The molecule has 1 aliphatic rings. The van der Waals surface area contributed by atoms with Gasteiger partial charge in [0.2, 0.25) is 5.91 Å². The van der Waals surface area contributed by atoms with Crippen LogP contribution in [0.5, 0.6) is 0 Å². The Hall–Kier alpha value is -2.79. The van der Waals surface area contributed by atoms with Crippen molar-refractivity contribution in [3.63, 3.8) is 0 Å². The summed E-state index contributed by atoms with van der Waals surface area (Å²) in [6.07, 6.45) is 9.03. The first-order valence-electron chi connectivity index (χ1n) is 5.71. The molecule has 94 valence electrons. The molecule has 0 bridgehead atoms. The molecular formula is C14H12N4O. The van der Waals surface area contributed by atoms with Crippen molar-refractivity contribution in [3.8, 4) is 18.4 Å². The molecule has 0 aromatic carbocycles. The van der Waals surface area contributed by atoms with Gasteiger partial charge in [-0.2, -0.15) is 5.26 Å². The van der Waals surface area contributed by atoms with Crippen molar-refractivity contribution in [1.29, 1.82) is 5.26 Å². The van der Waals surface area contributed by atoms with Crippen molar-refractivity contribution in [2.45, 2.75) is 6.42 Å². The highest BCUT2D eigenvalue weighted by molar-refractivity contribution is 5.96. The summed E-state index contributed by atoms with van der Waals surface area (Å²) in [6, 6.07) is 3.66. The first-order chi connectivity index (χ1) is 9.13. The van der Waals surface area contributed by atoms with Gasteiger partial charge in [0.15, 0.2) is 0 Å². The lowest BCUT2D eigenvalue weighted by Crippen LogP contribution is -2.15. The van der Waals surface area contributed by atoms with E-state index in [-0.39, 0.29) is 17.4 Å². The number of nitriles is 1. The predicted molar refractivity (Wildman–Crippen MR) is 70.1 cm³/mol. The Morgan fingerprint density at radius 3 is 2.84 bits per heavy atom. The van der Waals surface area contributed by atoms with E-state index in [0.717, 1.165) is 6.42 Å². The third-order valence-electron chi connectivity index (χ3n) is 3.17. The zero-order valence-corrected chi connectivity index (χ0v) is 10.1. The van der Waals surface area contributed by atoms with Crippen LogP contribution >= 0.6 is 0 Å². The zero-order valence-electron chi connectivity index (χ0n) is 10.1. The summed E-state index contributed by atoms with van der Waals surface area (Å²) >= 11 is 0. The lowest BCUT2D eigenvalue weighted by atomic mass is 9.98. The van der Waals surface area contributed by atoms with E-state index in [1.54, 1.807) is 0 Å². The number of pyridine rings is 1. The number of rotatable bonds is 3. The van der Waals surface area contributed by atoms with Crippen molar-refractivity contribution in [2.24, 2.45) is 23.3 Å². The summed E-state index contributed by atoms with van der Waals surface area (Å²) in [4.78, 5) is 15.5. The Kier molecular flexibility index (Phi) is 3.22. The minimum absolute atomic E-state index is 0.0257. The van der Waals surface area contributed by atoms with Crippen LogP contribution in [-0.4, -0.2) is 10.9 Å². The normalized spacial score (nSPS) is 21.3. The molecule has 0 spiro atoms. The fraction of sp³-hybridized carbons (Fsp3) is 0.214. The molecule has 2 rings (SSSR count).